The van der Waals surface area contributed by atoms with E-state index in [1.807, 2.05) is 43.3 Å². The number of hydrogen-bond acceptors (Lipinski definition) is 10. The van der Waals surface area contributed by atoms with Gasteiger partial charge in [-0.2, -0.15) is 5.10 Å². The molecular weight excluding hydrogens is 422 g/mol. The molecule has 30 heavy (non-hydrogen) atoms. The number of nitrogen functional groups attached to an aromatic ring is 1. The van der Waals surface area contributed by atoms with Crippen LogP contribution >= 0.6 is 23.1 Å². The topological polar surface area (TPSA) is 136 Å². The zero-order chi connectivity index (χ0) is 20.9. The molecule has 0 aliphatic rings. The van der Waals surface area contributed by atoms with Gasteiger partial charge in [0.05, 0.1) is 21.7 Å². The number of nitrogens with one attached hydrogen (secondary N) is 2. The van der Waals surface area contributed by atoms with Gasteiger partial charge in [-0.3, -0.25) is 9.78 Å². The van der Waals surface area contributed by atoms with Gasteiger partial charge in [-0.15, -0.1) is 10.2 Å². The first-order chi connectivity index (χ1) is 14.6. The van der Waals surface area contributed by atoms with Crippen LogP contribution in [0.15, 0.2) is 59.0 Å². The van der Waals surface area contributed by atoms with Crippen molar-refractivity contribution in [2.45, 2.75) is 12.1 Å². The van der Waals surface area contributed by atoms with E-state index in [0.717, 1.165) is 21.5 Å². The lowest BCUT2D eigenvalue weighted by molar-refractivity contribution is -0.113. The van der Waals surface area contributed by atoms with Crippen molar-refractivity contribution in [1.29, 1.82) is 0 Å². The molecule has 0 unspecified atom stereocenters. The van der Waals surface area contributed by atoms with E-state index >= 15 is 0 Å². The number of nitrogens with zero attached hydrogens (tertiary/aromatic N) is 6. The fourth-order valence-electron chi connectivity index (χ4n) is 2.45. The molecule has 0 radical (unpaired) electrons. The van der Waals surface area contributed by atoms with Crippen LogP contribution in [0, 0.1) is 0 Å². The largest absolute Gasteiger partial charge is 0.334 e. The molecule has 4 N–H and O–H groups in total. The number of anilines is 2. The van der Waals surface area contributed by atoms with Crippen molar-refractivity contribution in [3.05, 3.63) is 54.4 Å². The van der Waals surface area contributed by atoms with Crippen molar-refractivity contribution in [2.75, 3.05) is 22.3 Å². The number of aromatic nitrogens is 5. The number of thiazole rings is 1. The Morgan fingerprint density at radius 3 is 2.83 bits per heavy atom. The Labute approximate surface area is 179 Å². The summed E-state index contributed by atoms with van der Waals surface area (Å²) in [6.45, 7) is 1.85. The molecule has 4 rings (SSSR count). The summed E-state index contributed by atoms with van der Waals surface area (Å²) < 4.78 is 2.26. The average molecular weight is 440 g/mol. The summed E-state index contributed by atoms with van der Waals surface area (Å²) in [6.07, 6.45) is 3.38. The fraction of sp³-hybridized carbons (Fsp3) is 0.111. The molecule has 4 aromatic rings. The molecule has 1 aromatic carbocycles. The SMILES string of the molecule is C/C(=N\Nc1nnc(SCC(=O)Nc2nc3ccccc3s2)n1N)c1ccncc1. The molecule has 0 fully saturated rings. The van der Waals surface area contributed by atoms with Gasteiger partial charge in [0.25, 0.3) is 5.95 Å². The standard InChI is InChI=1S/C18H17N9OS2/c1-11(12-6-8-20-9-7-12)23-24-16-25-26-18(27(16)19)29-10-15(28)22-17-21-13-4-2-3-5-14(13)30-17/h2-9H,10,19H2,1H3,(H,24,25)(H,21,22,28)/b23-11+. The Bertz CT molecular complexity index is 1170. The molecule has 0 spiro atoms. The molecular formula is C18H17N9OS2. The lowest BCUT2D eigenvalue weighted by Crippen LogP contribution is -2.17. The summed E-state index contributed by atoms with van der Waals surface area (Å²) >= 11 is 2.59. The summed E-state index contributed by atoms with van der Waals surface area (Å²) in [6, 6.07) is 11.4. The first-order valence-corrected chi connectivity index (χ1v) is 10.6. The molecule has 0 bridgehead atoms. The van der Waals surface area contributed by atoms with Crippen molar-refractivity contribution >= 4 is 56.0 Å². The number of thioether (sulfide) groups is 1. The quantitative estimate of drug-likeness (QED) is 0.173. The summed E-state index contributed by atoms with van der Waals surface area (Å²) in [5.41, 5.74) is 5.29. The third-order valence-corrected chi connectivity index (χ3v) is 5.85. The van der Waals surface area contributed by atoms with E-state index in [-0.39, 0.29) is 17.6 Å². The van der Waals surface area contributed by atoms with Crippen LogP contribution in [0.1, 0.15) is 12.5 Å². The molecule has 0 saturated heterocycles. The molecule has 3 aromatic heterocycles. The number of carbonyl (C=O) groups is 1. The summed E-state index contributed by atoms with van der Waals surface area (Å²) in [4.78, 5) is 20.6. The van der Waals surface area contributed by atoms with Gasteiger partial charge in [0.15, 0.2) is 5.13 Å². The monoisotopic (exact) mass is 439 g/mol. The number of amides is 1. The van der Waals surface area contributed by atoms with Crippen LogP contribution < -0.4 is 16.6 Å². The predicted octanol–water partition coefficient (Wildman–Crippen LogP) is 2.56. The second-order valence-electron chi connectivity index (χ2n) is 6.04. The number of carbonyl (C=O) groups excluding carboxylic acids is 1. The highest BCUT2D eigenvalue weighted by molar-refractivity contribution is 7.99. The molecule has 0 aliphatic carbocycles. The second-order valence-corrected chi connectivity index (χ2v) is 8.02. The number of para-hydroxylation sites is 1. The molecule has 0 atom stereocenters. The lowest BCUT2D eigenvalue weighted by Gasteiger charge is -2.04. The van der Waals surface area contributed by atoms with Crippen molar-refractivity contribution in [3.8, 4) is 0 Å². The minimum absolute atomic E-state index is 0.116. The van der Waals surface area contributed by atoms with Crippen LogP contribution in [0.3, 0.4) is 0 Å². The number of benzene rings is 1. The maximum Gasteiger partial charge on any atom is 0.264 e. The van der Waals surface area contributed by atoms with Gasteiger partial charge in [0, 0.05) is 18.0 Å². The third-order valence-electron chi connectivity index (χ3n) is 3.96. The van der Waals surface area contributed by atoms with E-state index in [9.17, 15) is 4.79 Å². The van der Waals surface area contributed by atoms with Gasteiger partial charge in [-0.1, -0.05) is 35.2 Å². The second kappa shape index (κ2) is 8.88. The van der Waals surface area contributed by atoms with Crippen molar-refractivity contribution < 1.29 is 4.79 Å². The number of hydrazone groups is 1. The van der Waals surface area contributed by atoms with Crippen LogP contribution in [-0.4, -0.2) is 42.2 Å². The van der Waals surface area contributed by atoms with Crippen LogP contribution in [-0.2, 0) is 4.79 Å². The molecule has 12 heteroatoms. The van der Waals surface area contributed by atoms with Crippen LogP contribution in [0.5, 0.6) is 0 Å². The van der Waals surface area contributed by atoms with E-state index in [0.29, 0.717) is 10.3 Å². The van der Waals surface area contributed by atoms with Crippen molar-refractivity contribution in [2.24, 2.45) is 5.10 Å². The third kappa shape index (κ3) is 4.55. The number of hydrogen-bond donors (Lipinski definition) is 3. The zero-order valence-electron chi connectivity index (χ0n) is 15.8. The smallest absolute Gasteiger partial charge is 0.264 e. The van der Waals surface area contributed by atoms with Gasteiger partial charge in [-0.25, -0.2) is 15.1 Å². The fourth-order valence-corrected chi connectivity index (χ4v) is 3.99. The van der Waals surface area contributed by atoms with E-state index in [4.69, 9.17) is 5.84 Å². The van der Waals surface area contributed by atoms with E-state index < -0.39 is 0 Å². The van der Waals surface area contributed by atoms with Crippen LogP contribution in [0.2, 0.25) is 0 Å². The summed E-state index contributed by atoms with van der Waals surface area (Å²) in [5.74, 6) is 6.18. The molecule has 0 saturated carbocycles. The van der Waals surface area contributed by atoms with Gasteiger partial charge in [0.1, 0.15) is 0 Å². The lowest BCUT2D eigenvalue weighted by atomic mass is 10.2. The zero-order valence-corrected chi connectivity index (χ0v) is 17.4. The normalized spacial score (nSPS) is 11.6. The number of fused-ring (bicyclic) bond motifs is 1. The number of nitrogens with two attached hydrogens (primary N) is 1. The van der Waals surface area contributed by atoms with Gasteiger partial charge in [0.2, 0.25) is 11.1 Å². The summed E-state index contributed by atoms with van der Waals surface area (Å²) in [5, 5.41) is 15.9. The Kier molecular flexibility index (Phi) is 5.86. The highest BCUT2D eigenvalue weighted by Crippen LogP contribution is 2.25. The van der Waals surface area contributed by atoms with Gasteiger partial charge >= 0.3 is 0 Å². The number of rotatable bonds is 7. The van der Waals surface area contributed by atoms with E-state index in [2.05, 4.69) is 36.0 Å². The molecule has 10 nitrogen and oxygen atoms in total. The maximum absolute atomic E-state index is 12.2. The summed E-state index contributed by atoms with van der Waals surface area (Å²) in [7, 11) is 0. The van der Waals surface area contributed by atoms with Crippen LogP contribution in [0.4, 0.5) is 11.1 Å². The molecule has 3 heterocycles. The average Bonchev–Trinajstić information content (AvgIpc) is 3.33. The maximum atomic E-state index is 12.2. The van der Waals surface area contributed by atoms with Gasteiger partial charge < -0.3 is 11.2 Å². The molecule has 1 amide bonds. The minimum atomic E-state index is -0.205. The van der Waals surface area contributed by atoms with E-state index in [1.165, 1.54) is 27.8 Å². The first kappa shape index (κ1) is 19.8. The molecule has 152 valence electrons. The number of pyridine rings is 1. The first-order valence-electron chi connectivity index (χ1n) is 8.79. The Morgan fingerprint density at radius 1 is 1.23 bits per heavy atom. The van der Waals surface area contributed by atoms with E-state index in [1.54, 1.807) is 12.4 Å². The van der Waals surface area contributed by atoms with Crippen LogP contribution in [0.25, 0.3) is 10.2 Å². The minimum Gasteiger partial charge on any atom is -0.334 e. The Morgan fingerprint density at radius 2 is 2.03 bits per heavy atom. The van der Waals surface area contributed by atoms with Gasteiger partial charge in [-0.05, 0) is 31.2 Å². The molecule has 0 aliphatic heterocycles. The predicted molar refractivity (Wildman–Crippen MR) is 119 cm³/mol. The van der Waals surface area contributed by atoms with Crippen molar-refractivity contribution in [1.82, 2.24) is 24.8 Å². The van der Waals surface area contributed by atoms with Crippen molar-refractivity contribution in [3.63, 3.8) is 0 Å². The highest BCUT2D eigenvalue weighted by atomic mass is 32.2. The Hall–Kier alpha value is -3.51. The Balaban J connectivity index is 1.34. The highest BCUT2D eigenvalue weighted by Gasteiger charge is 2.13.